The van der Waals surface area contributed by atoms with Crippen molar-refractivity contribution in [3.8, 4) is 0 Å². The van der Waals surface area contributed by atoms with E-state index < -0.39 is 17.7 Å². The molecule has 0 bridgehead atoms. The average molecular weight is 307 g/mol. The summed E-state index contributed by atoms with van der Waals surface area (Å²) in [6, 6.07) is 4.72. The number of carbonyl (C=O) groups is 2. The van der Waals surface area contributed by atoms with Gasteiger partial charge in [-0.2, -0.15) is 0 Å². The molecule has 0 fully saturated rings. The van der Waals surface area contributed by atoms with E-state index in [1.165, 1.54) is 11.0 Å². The number of aromatic carboxylic acids is 1. The lowest BCUT2D eigenvalue weighted by Gasteiger charge is -2.35. The smallest absolute Gasteiger partial charge is 0.414 e. The van der Waals surface area contributed by atoms with Crippen molar-refractivity contribution in [2.75, 3.05) is 18.6 Å². The van der Waals surface area contributed by atoms with Gasteiger partial charge in [-0.1, -0.05) is 0 Å². The van der Waals surface area contributed by atoms with E-state index in [4.69, 9.17) is 14.6 Å². The number of carbonyl (C=O) groups excluding carboxylic acids is 1. The highest BCUT2D eigenvalue weighted by molar-refractivity contribution is 5.92. The van der Waals surface area contributed by atoms with Crippen LogP contribution in [-0.4, -0.2) is 42.5 Å². The minimum absolute atomic E-state index is 0.191. The van der Waals surface area contributed by atoms with E-state index in [9.17, 15) is 9.59 Å². The largest absolute Gasteiger partial charge is 0.478 e. The molecule has 1 heterocycles. The standard InChI is InChI=1S/C16H21NO5/c1-16(2,3)22-15(20)17-9-12(21-4)8-11-7-10(14(18)19)5-6-13(11)17/h5-7,12H,8-9H2,1-4H3,(H,18,19). The fraction of sp³-hybridized carbons (Fsp3) is 0.500. The summed E-state index contributed by atoms with van der Waals surface area (Å²) in [6.07, 6.45) is -0.0886. The summed E-state index contributed by atoms with van der Waals surface area (Å²) in [5, 5.41) is 9.10. The van der Waals surface area contributed by atoms with Crippen LogP contribution in [0.2, 0.25) is 0 Å². The fourth-order valence-electron chi connectivity index (χ4n) is 2.40. The van der Waals surface area contributed by atoms with E-state index in [2.05, 4.69) is 0 Å². The molecule has 0 aliphatic carbocycles. The molecule has 2 rings (SSSR count). The second kappa shape index (κ2) is 5.96. The van der Waals surface area contributed by atoms with Gasteiger partial charge in [0, 0.05) is 13.5 Å². The first-order valence-corrected chi connectivity index (χ1v) is 7.11. The van der Waals surface area contributed by atoms with Crippen LogP contribution in [0.3, 0.4) is 0 Å². The van der Waals surface area contributed by atoms with Gasteiger partial charge in [0.15, 0.2) is 0 Å². The summed E-state index contributed by atoms with van der Waals surface area (Å²) in [6.45, 7) is 5.79. The summed E-state index contributed by atoms with van der Waals surface area (Å²) >= 11 is 0. The Labute approximate surface area is 129 Å². The second-order valence-electron chi connectivity index (χ2n) is 6.30. The van der Waals surface area contributed by atoms with Gasteiger partial charge in [-0.3, -0.25) is 4.90 Å². The molecule has 22 heavy (non-hydrogen) atoms. The van der Waals surface area contributed by atoms with Crippen molar-refractivity contribution in [1.82, 2.24) is 0 Å². The van der Waals surface area contributed by atoms with Gasteiger partial charge in [0.05, 0.1) is 23.9 Å². The molecule has 1 N–H and O–H groups in total. The Morgan fingerprint density at radius 1 is 1.32 bits per heavy atom. The van der Waals surface area contributed by atoms with Crippen molar-refractivity contribution >= 4 is 17.7 Å². The topological polar surface area (TPSA) is 76.1 Å². The van der Waals surface area contributed by atoms with Gasteiger partial charge in [-0.15, -0.1) is 0 Å². The normalized spacial score (nSPS) is 17.8. The molecule has 1 aliphatic rings. The number of ether oxygens (including phenoxy) is 2. The van der Waals surface area contributed by atoms with Gasteiger partial charge in [0.1, 0.15) is 5.60 Å². The zero-order valence-corrected chi connectivity index (χ0v) is 13.3. The van der Waals surface area contributed by atoms with E-state index in [1.54, 1.807) is 40.0 Å². The molecule has 1 unspecified atom stereocenters. The van der Waals surface area contributed by atoms with Crippen LogP contribution < -0.4 is 4.90 Å². The molecule has 1 aromatic rings. The van der Waals surface area contributed by atoms with Gasteiger partial charge in [0.25, 0.3) is 0 Å². The van der Waals surface area contributed by atoms with Crippen molar-refractivity contribution in [2.45, 2.75) is 38.9 Å². The number of carboxylic acids is 1. The van der Waals surface area contributed by atoms with Crippen molar-refractivity contribution in [2.24, 2.45) is 0 Å². The van der Waals surface area contributed by atoms with Crippen LogP contribution in [0.15, 0.2) is 18.2 Å². The maximum atomic E-state index is 12.4. The van der Waals surface area contributed by atoms with Crippen LogP contribution in [0.4, 0.5) is 10.5 Å². The van der Waals surface area contributed by atoms with E-state index in [1.807, 2.05) is 0 Å². The van der Waals surface area contributed by atoms with E-state index in [0.717, 1.165) is 5.56 Å². The number of hydrogen-bond acceptors (Lipinski definition) is 4. The first-order chi connectivity index (χ1) is 10.2. The van der Waals surface area contributed by atoms with E-state index >= 15 is 0 Å². The predicted octanol–water partition coefficient (Wildman–Crippen LogP) is 2.70. The molecule has 1 aliphatic heterocycles. The Morgan fingerprint density at radius 2 is 2.00 bits per heavy atom. The predicted molar refractivity (Wildman–Crippen MR) is 81.5 cm³/mol. The van der Waals surface area contributed by atoms with Crippen LogP contribution >= 0.6 is 0 Å². The molecule has 1 amide bonds. The lowest BCUT2D eigenvalue weighted by Crippen LogP contribution is -2.45. The molecule has 0 aromatic heterocycles. The average Bonchev–Trinajstić information content (AvgIpc) is 2.43. The number of benzene rings is 1. The number of methoxy groups -OCH3 is 1. The number of rotatable bonds is 2. The van der Waals surface area contributed by atoms with Crippen LogP contribution in [0.25, 0.3) is 0 Å². The lowest BCUT2D eigenvalue weighted by molar-refractivity contribution is 0.0516. The minimum atomic E-state index is -0.994. The van der Waals surface area contributed by atoms with Crippen LogP contribution in [0, 0.1) is 0 Å². The van der Waals surface area contributed by atoms with Gasteiger partial charge in [0.2, 0.25) is 0 Å². The number of nitrogens with zero attached hydrogens (tertiary/aromatic N) is 1. The maximum absolute atomic E-state index is 12.4. The molecule has 0 saturated heterocycles. The highest BCUT2D eigenvalue weighted by Crippen LogP contribution is 2.30. The van der Waals surface area contributed by atoms with Crippen LogP contribution in [-0.2, 0) is 15.9 Å². The molecule has 6 heteroatoms. The Kier molecular flexibility index (Phi) is 4.42. The molecule has 0 saturated carbocycles. The zero-order chi connectivity index (χ0) is 16.5. The molecule has 6 nitrogen and oxygen atoms in total. The molecule has 120 valence electrons. The Hall–Kier alpha value is -2.08. The minimum Gasteiger partial charge on any atom is -0.478 e. The molecule has 0 spiro atoms. The Balaban J connectivity index is 2.37. The quantitative estimate of drug-likeness (QED) is 0.909. The summed E-state index contributed by atoms with van der Waals surface area (Å²) in [5.74, 6) is -0.994. The number of fused-ring (bicyclic) bond motifs is 1. The van der Waals surface area contributed by atoms with Crippen molar-refractivity contribution in [3.05, 3.63) is 29.3 Å². The van der Waals surface area contributed by atoms with Crippen molar-refractivity contribution < 1.29 is 24.2 Å². The van der Waals surface area contributed by atoms with Gasteiger partial charge < -0.3 is 14.6 Å². The highest BCUT2D eigenvalue weighted by atomic mass is 16.6. The number of carboxylic acid groups (broad SMARTS) is 1. The molecular formula is C16H21NO5. The molecule has 0 radical (unpaired) electrons. The monoisotopic (exact) mass is 307 g/mol. The second-order valence-corrected chi connectivity index (χ2v) is 6.30. The van der Waals surface area contributed by atoms with Gasteiger partial charge >= 0.3 is 12.1 Å². The van der Waals surface area contributed by atoms with Gasteiger partial charge in [-0.05, 0) is 44.5 Å². The fourth-order valence-corrected chi connectivity index (χ4v) is 2.40. The van der Waals surface area contributed by atoms with E-state index in [-0.39, 0.29) is 11.7 Å². The summed E-state index contributed by atoms with van der Waals surface area (Å²) < 4.78 is 10.8. The lowest BCUT2D eigenvalue weighted by atomic mass is 9.97. The summed E-state index contributed by atoms with van der Waals surface area (Å²) in [7, 11) is 1.57. The third-order valence-electron chi connectivity index (χ3n) is 3.40. The third-order valence-corrected chi connectivity index (χ3v) is 3.40. The third kappa shape index (κ3) is 3.57. The molecular weight excluding hydrogens is 286 g/mol. The molecule has 1 atom stereocenters. The first-order valence-electron chi connectivity index (χ1n) is 7.11. The SMILES string of the molecule is COC1Cc2cc(C(=O)O)ccc2N(C(=O)OC(C)(C)C)C1. The van der Waals surface area contributed by atoms with Crippen LogP contribution in [0.5, 0.6) is 0 Å². The van der Waals surface area contributed by atoms with Gasteiger partial charge in [-0.25, -0.2) is 9.59 Å². The number of hydrogen-bond donors (Lipinski definition) is 1. The highest BCUT2D eigenvalue weighted by Gasteiger charge is 2.32. The van der Waals surface area contributed by atoms with Crippen LogP contribution in [0.1, 0.15) is 36.7 Å². The number of amides is 1. The zero-order valence-electron chi connectivity index (χ0n) is 13.3. The summed E-state index contributed by atoms with van der Waals surface area (Å²) in [5.41, 5.74) is 1.04. The number of anilines is 1. The first kappa shape index (κ1) is 16.3. The molecule has 1 aromatic carbocycles. The van der Waals surface area contributed by atoms with Crippen molar-refractivity contribution in [3.63, 3.8) is 0 Å². The van der Waals surface area contributed by atoms with E-state index in [0.29, 0.717) is 18.7 Å². The summed E-state index contributed by atoms with van der Waals surface area (Å²) in [4.78, 5) is 25.0. The maximum Gasteiger partial charge on any atom is 0.414 e. The van der Waals surface area contributed by atoms with Crippen molar-refractivity contribution in [1.29, 1.82) is 0 Å². The Morgan fingerprint density at radius 3 is 2.55 bits per heavy atom. The Bertz CT molecular complexity index is 591.